The Kier molecular flexibility index (Phi) is 4.29. The molecule has 2 atom stereocenters. The Bertz CT molecular complexity index is 485. The quantitative estimate of drug-likeness (QED) is 0.921. The SMILES string of the molecule is CN(Cc1ccc(Br)o1)C(=O)C1CCCC1C(=O)O. The Morgan fingerprint density at radius 1 is 1.42 bits per heavy atom. The first kappa shape index (κ1) is 14.1. The summed E-state index contributed by atoms with van der Waals surface area (Å²) in [5, 5.41) is 9.11. The average molecular weight is 330 g/mol. The van der Waals surface area contributed by atoms with Crippen LogP contribution < -0.4 is 0 Å². The molecule has 104 valence electrons. The highest BCUT2D eigenvalue weighted by Crippen LogP contribution is 2.33. The minimum atomic E-state index is -0.870. The molecule has 0 saturated heterocycles. The van der Waals surface area contributed by atoms with Crippen molar-refractivity contribution in [3.63, 3.8) is 0 Å². The van der Waals surface area contributed by atoms with Crippen LogP contribution in [0.2, 0.25) is 0 Å². The van der Waals surface area contributed by atoms with E-state index in [4.69, 9.17) is 9.52 Å². The van der Waals surface area contributed by atoms with Crippen molar-refractivity contribution in [1.29, 1.82) is 0 Å². The van der Waals surface area contributed by atoms with Crippen LogP contribution in [0.4, 0.5) is 0 Å². The zero-order valence-corrected chi connectivity index (χ0v) is 12.2. The van der Waals surface area contributed by atoms with E-state index in [0.29, 0.717) is 29.8 Å². The van der Waals surface area contributed by atoms with Gasteiger partial charge < -0.3 is 14.4 Å². The van der Waals surface area contributed by atoms with Crippen molar-refractivity contribution in [2.75, 3.05) is 7.05 Å². The molecule has 1 fully saturated rings. The van der Waals surface area contributed by atoms with Crippen LogP contribution in [-0.4, -0.2) is 28.9 Å². The molecule has 0 spiro atoms. The van der Waals surface area contributed by atoms with Gasteiger partial charge in [0.05, 0.1) is 18.4 Å². The van der Waals surface area contributed by atoms with Crippen LogP contribution in [0.25, 0.3) is 0 Å². The molecule has 1 aliphatic rings. The Labute approximate surface area is 119 Å². The van der Waals surface area contributed by atoms with Gasteiger partial charge in [0.25, 0.3) is 0 Å². The number of amides is 1. The first-order chi connectivity index (χ1) is 8.99. The molecule has 5 nitrogen and oxygen atoms in total. The van der Waals surface area contributed by atoms with Crippen LogP contribution in [0.15, 0.2) is 21.2 Å². The predicted octanol–water partition coefficient (Wildman–Crippen LogP) is 2.50. The molecule has 1 aromatic heterocycles. The van der Waals surface area contributed by atoms with Crippen molar-refractivity contribution in [3.05, 3.63) is 22.6 Å². The third-order valence-corrected chi connectivity index (χ3v) is 3.97. The molecule has 0 aromatic carbocycles. The minimum absolute atomic E-state index is 0.113. The summed E-state index contributed by atoms with van der Waals surface area (Å²) < 4.78 is 5.97. The molecule has 1 aromatic rings. The van der Waals surface area contributed by atoms with Crippen LogP contribution in [0, 0.1) is 11.8 Å². The number of hydrogen-bond donors (Lipinski definition) is 1. The monoisotopic (exact) mass is 329 g/mol. The summed E-state index contributed by atoms with van der Waals surface area (Å²) in [6, 6.07) is 3.56. The lowest BCUT2D eigenvalue weighted by Gasteiger charge is -2.22. The highest BCUT2D eigenvalue weighted by Gasteiger charge is 2.39. The summed E-state index contributed by atoms with van der Waals surface area (Å²) in [6.45, 7) is 0.354. The van der Waals surface area contributed by atoms with Crippen LogP contribution in [0.3, 0.4) is 0 Å². The Morgan fingerprint density at radius 3 is 2.68 bits per heavy atom. The van der Waals surface area contributed by atoms with Gasteiger partial charge in [0.15, 0.2) is 4.67 Å². The number of nitrogens with zero attached hydrogens (tertiary/aromatic N) is 1. The third-order valence-electron chi connectivity index (χ3n) is 3.55. The Hall–Kier alpha value is -1.30. The van der Waals surface area contributed by atoms with Crippen LogP contribution in [0.5, 0.6) is 0 Å². The van der Waals surface area contributed by atoms with Gasteiger partial charge in [-0.2, -0.15) is 0 Å². The van der Waals surface area contributed by atoms with Gasteiger partial charge in [-0.1, -0.05) is 6.42 Å². The second-order valence-electron chi connectivity index (χ2n) is 4.88. The second-order valence-corrected chi connectivity index (χ2v) is 5.66. The summed E-state index contributed by atoms with van der Waals surface area (Å²) in [5.74, 6) is -1.26. The maximum Gasteiger partial charge on any atom is 0.307 e. The molecule has 1 amide bonds. The van der Waals surface area contributed by atoms with Crippen LogP contribution >= 0.6 is 15.9 Å². The predicted molar refractivity (Wildman–Crippen MR) is 71.3 cm³/mol. The number of furan rings is 1. The summed E-state index contributed by atoms with van der Waals surface area (Å²) in [6.07, 6.45) is 2.04. The fraction of sp³-hybridized carbons (Fsp3) is 0.538. The van der Waals surface area contributed by atoms with Gasteiger partial charge in [0, 0.05) is 7.05 Å². The number of aliphatic carboxylic acids is 1. The van der Waals surface area contributed by atoms with Crippen molar-refractivity contribution in [2.45, 2.75) is 25.8 Å². The molecule has 2 rings (SSSR count). The zero-order chi connectivity index (χ0) is 14.0. The fourth-order valence-electron chi connectivity index (χ4n) is 2.58. The molecule has 1 aliphatic carbocycles. The lowest BCUT2D eigenvalue weighted by molar-refractivity contribution is -0.148. The van der Waals surface area contributed by atoms with E-state index in [-0.39, 0.29) is 5.91 Å². The molecule has 6 heteroatoms. The highest BCUT2D eigenvalue weighted by atomic mass is 79.9. The third kappa shape index (κ3) is 3.18. The molecule has 1 N–H and O–H groups in total. The lowest BCUT2D eigenvalue weighted by Crippen LogP contribution is -2.36. The average Bonchev–Trinajstić information content (AvgIpc) is 2.97. The van der Waals surface area contributed by atoms with Gasteiger partial charge in [0.1, 0.15) is 5.76 Å². The molecular formula is C13H16BrNO4. The van der Waals surface area contributed by atoms with E-state index in [9.17, 15) is 9.59 Å². The normalized spacial score (nSPS) is 22.4. The first-order valence-electron chi connectivity index (χ1n) is 6.21. The van der Waals surface area contributed by atoms with Crippen molar-refractivity contribution in [2.24, 2.45) is 11.8 Å². The Morgan fingerprint density at radius 2 is 2.11 bits per heavy atom. The number of carboxylic acids is 1. The standard InChI is InChI=1S/C13H16BrNO4/c1-15(7-8-5-6-11(14)19-8)12(16)9-3-2-4-10(9)13(17)18/h5-6,9-10H,2-4,7H2,1H3,(H,17,18). The van der Waals surface area contributed by atoms with Gasteiger partial charge >= 0.3 is 5.97 Å². The van der Waals surface area contributed by atoms with Crippen molar-refractivity contribution in [1.82, 2.24) is 4.90 Å². The highest BCUT2D eigenvalue weighted by molar-refractivity contribution is 9.10. The van der Waals surface area contributed by atoms with E-state index in [2.05, 4.69) is 15.9 Å². The number of halogens is 1. The van der Waals surface area contributed by atoms with Crippen molar-refractivity contribution >= 4 is 27.8 Å². The first-order valence-corrected chi connectivity index (χ1v) is 7.00. The number of hydrogen-bond acceptors (Lipinski definition) is 3. The maximum atomic E-state index is 12.3. The molecule has 2 unspecified atom stereocenters. The smallest absolute Gasteiger partial charge is 0.307 e. The van der Waals surface area contributed by atoms with Gasteiger partial charge in [-0.15, -0.1) is 0 Å². The largest absolute Gasteiger partial charge is 0.481 e. The van der Waals surface area contributed by atoms with Crippen LogP contribution in [-0.2, 0) is 16.1 Å². The van der Waals surface area contributed by atoms with E-state index >= 15 is 0 Å². The van der Waals surface area contributed by atoms with Gasteiger partial charge in [-0.05, 0) is 40.9 Å². The summed E-state index contributed by atoms with van der Waals surface area (Å²) in [4.78, 5) is 24.9. The second kappa shape index (κ2) is 5.77. The molecule has 19 heavy (non-hydrogen) atoms. The summed E-state index contributed by atoms with van der Waals surface area (Å²) in [5.41, 5.74) is 0. The number of carbonyl (C=O) groups excluding carboxylic acids is 1. The number of carbonyl (C=O) groups is 2. The lowest BCUT2D eigenvalue weighted by atomic mass is 9.95. The fourth-order valence-corrected chi connectivity index (χ4v) is 2.92. The van der Waals surface area contributed by atoms with Crippen molar-refractivity contribution < 1.29 is 19.1 Å². The number of carboxylic acid groups (broad SMARTS) is 1. The van der Waals surface area contributed by atoms with E-state index in [0.717, 1.165) is 6.42 Å². The summed E-state index contributed by atoms with van der Waals surface area (Å²) in [7, 11) is 1.68. The maximum absolute atomic E-state index is 12.3. The van der Waals surface area contributed by atoms with Crippen molar-refractivity contribution in [3.8, 4) is 0 Å². The van der Waals surface area contributed by atoms with Gasteiger partial charge in [-0.3, -0.25) is 9.59 Å². The molecule has 0 radical (unpaired) electrons. The topological polar surface area (TPSA) is 70.8 Å². The molecule has 0 bridgehead atoms. The minimum Gasteiger partial charge on any atom is -0.481 e. The van der Waals surface area contributed by atoms with Gasteiger partial charge in [-0.25, -0.2) is 0 Å². The summed E-state index contributed by atoms with van der Waals surface area (Å²) >= 11 is 3.21. The van der Waals surface area contributed by atoms with Gasteiger partial charge in [0.2, 0.25) is 5.91 Å². The zero-order valence-electron chi connectivity index (χ0n) is 10.6. The van der Waals surface area contributed by atoms with E-state index in [1.54, 1.807) is 19.2 Å². The molecule has 1 saturated carbocycles. The van der Waals surface area contributed by atoms with E-state index < -0.39 is 17.8 Å². The number of rotatable bonds is 4. The van der Waals surface area contributed by atoms with Crippen LogP contribution in [0.1, 0.15) is 25.0 Å². The molecular weight excluding hydrogens is 314 g/mol. The van der Waals surface area contributed by atoms with E-state index in [1.807, 2.05) is 0 Å². The Balaban J connectivity index is 2.00. The molecule has 0 aliphatic heterocycles. The molecule has 1 heterocycles. The van der Waals surface area contributed by atoms with E-state index in [1.165, 1.54) is 4.90 Å².